The standard InChI is InChI=1S/C13H20N4O3/c1-8-10(5-11(20-8)13(19)16-15)7-17-4-2-3-9(6-17)12(14)18/h5,9H,2-4,6-7,15H2,1H3,(H2,14,18)(H,16,19). The third kappa shape index (κ3) is 3.17. The number of amides is 2. The van der Waals surface area contributed by atoms with Gasteiger partial charge in [0.1, 0.15) is 5.76 Å². The van der Waals surface area contributed by atoms with Crippen molar-refractivity contribution in [3.63, 3.8) is 0 Å². The number of hydrazine groups is 1. The highest BCUT2D eigenvalue weighted by molar-refractivity contribution is 5.91. The van der Waals surface area contributed by atoms with Gasteiger partial charge >= 0.3 is 5.91 Å². The normalized spacial score (nSPS) is 19.8. The van der Waals surface area contributed by atoms with E-state index in [0.717, 1.165) is 24.9 Å². The van der Waals surface area contributed by atoms with Crippen molar-refractivity contribution in [3.05, 3.63) is 23.2 Å². The second kappa shape index (κ2) is 6.06. The fourth-order valence-electron chi connectivity index (χ4n) is 2.53. The van der Waals surface area contributed by atoms with Gasteiger partial charge in [-0.05, 0) is 32.4 Å². The Hall–Kier alpha value is -1.86. The van der Waals surface area contributed by atoms with E-state index in [1.54, 1.807) is 13.0 Å². The molecule has 20 heavy (non-hydrogen) atoms. The fourth-order valence-corrected chi connectivity index (χ4v) is 2.53. The maximum Gasteiger partial charge on any atom is 0.300 e. The number of nitrogens with two attached hydrogens (primary N) is 2. The minimum Gasteiger partial charge on any atom is -0.456 e. The lowest BCUT2D eigenvalue weighted by Crippen LogP contribution is -2.40. The van der Waals surface area contributed by atoms with E-state index in [0.29, 0.717) is 18.8 Å². The summed E-state index contributed by atoms with van der Waals surface area (Å²) >= 11 is 0. The van der Waals surface area contributed by atoms with Gasteiger partial charge in [0.25, 0.3) is 0 Å². The first kappa shape index (κ1) is 14.5. The molecule has 0 aromatic carbocycles. The summed E-state index contributed by atoms with van der Waals surface area (Å²) in [5, 5.41) is 0. The fraction of sp³-hybridized carbons (Fsp3) is 0.538. The molecular weight excluding hydrogens is 260 g/mol. The van der Waals surface area contributed by atoms with Crippen molar-refractivity contribution in [2.24, 2.45) is 17.5 Å². The Labute approximate surface area is 117 Å². The Morgan fingerprint density at radius 3 is 2.95 bits per heavy atom. The van der Waals surface area contributed by atoms with Gasteiger partial charge in [-0.1, -0.05) is 0 Å². The average molecular weight is 280 g/mol. The zero-order chi connectivity index (χ0) is 14.7. The minimum absolute atomic E-state index is 0.0947. The molecule has 5 N–H and O–H groups in total. The summed E-state index contributed by atoms with van der Waals surface area (Å²) in [7, 11) is 0. The summed E-state index contributed by atoms with van der Waals surface area (Å²) in [6, 6.07) is 1.69. The van der Waals surface area contributed by atoms with Crippen molar-refractivity contribution in [2.45, 2.75) is 26.3 Å². The Kier molecular flexibility index (Phi) is 4.41. The molecular formula is C13H20N4O3. The summed E-state index contributed by atoms with van der Waals surface area (Å²) in [4.78, 5) is 24.8. The second-order valence-corrected chi connectivity index (χ2v) is 5.14. The number of likely N-dealkylation sites (tertiary alicyclic amines) is 1. The van der Waals surface area contributed by atoms with E-state index in [-0.39, 0.29) is 17.6 Å². The van der Waals surface area contributed by atoms with Crippen LogP contribution in [0.1, 0.15) is 34.7 Å². The van der Waals surface area contributed by atoms with Gasteiger partial charge in [-0.15, -0.1) is 0 Å². The van der Waals surface area contributed by atoms with Gasteiger partial charge in [-0.25, -0.2) is 5.84 Å². The van der Waals surface area contributed by atoms with Crippen LogP contribution in [0.15, 0.2) is 10.5 Å². The molecule has 1 saturated heterocycles. The average Bonchev–Trinajstić information content (AvgIpc) is 2.79. The number of rotatable bonds is 4. The molecule has 1 aromatic heterocycles. The topological polar surface area (TPSA) is 115 Å². The van der Waals surface area contributed by atoms with Crippen LogP contribution in [0.5, 0.6) is 0 Å². The van der Waals surface area contributed by atoms with Crippen LogP contribution in [-0.4, -0.2) is 29.8 Å². The first-order valence-electron chi connectivity index (χ1n) is 6.63. The largest absolute Gasteiger partial charge is 0.456 e. The highest BCUT2D eigenvalue weighted by atomic mass is 16.4. The molecule has 1 fully saturated rings. The number of piperidine rings is 1. The first-order chi connectivity index (χ1) is 9.51. The van der Waals surface area contributed by atoms with Gasteiger partial charge in [0.15, 0.2) is 5.76 Å². The molecule has 1 aromatic rings. The Morgan fingerprint density at radius 1 is 1.55 bits per heavy atom. The zero-order valence-corrected chi connectivity index (χ0v) is 11.5. The molecule has 7 nitrogen and oxygen atoms in total. The smallest absolute Gasteiger partial charge is 0.300 e. The second-order valence-electron chi connectivity index (χ2n) is 5.14. The molecule has 1 aliphatic rings. The molecule has 1 unspecified atom stereocenters. The summed E-state index contributed by atoms with van der Waals surface area (Å²) in [5.74, 6) is 5.17. The summed E-state index contributed by atoms with van der Waals surface area (Å²) < 4.78 is 5.37. The van der Waals surface area contributed by atoms with Crippen molar-refractivity contribution < 1.29 is 14.0 Å². The lowest BCUT2D eigenvalue weighted by Gasteiger charge is -2.30. The molecule has 1 aliphatic heterocycles. The minimum atomic E-state index is -0.451. The maximum absolute atomic E-state index is 11.4. The molecule has 1 atom stereocenters. The first-order valence-corrected chi connectivity index (χ1v) is 6.63. The van der Waals surface area contributed by atoms with Crippen molar-refractivity contribution in [1.29, 1.82) is 0 Å². The van der Waals surface area contributed by atoms with Crippen LogP contribution in [0.3, 0.4) is 0 Å². The number of nitrogens with one attached hydrogen (secondary N) is 1. The van der Waals surface area contributed by atoms with Crippen LogP contribution in [0, 0.1) is 12.8 Å². The quantitative estimate of drug-likeness (QED) is 0.404. The van der Waals surface area contributed by atoms with Crippen molar-refractivity contribution in [2.75, 3.05) is 13.1 Å². The molecule has 0 bridgehead atoms. The predicted octanol–water partition coefficient (Wildman–Crippen LogP) is -0.111. The van der Waals surface area contributed by atoms with E-state index in [2.05, 4.69) is 4.90 Å². The molecule has 7 heteroatoms. The van der Waals surface area contributed by atoms with Crippen LogP contribution in [0.4, 0.5) is 0 Å². The van der Waals surface area contributed by atoms with E-state index in [9.17, 15) is 9.59 Å². The van der Waals surface area contributed by atoms with Gasteiger partial charge in [0, 0.05) is 18.7 Å². The molecule has 2 rings (SSSR count). The van der Waals surface area contributed by atoms with Crippen molar-refractivity contribution in [1.82, 2.24) is 10.3 Å². The number of primary amides is 1. The number of hydrogen-bond acceptors (Lipinski definition) is 5. The molecule has 2 heterocycles. The van der Waals surface area contributed by atoms with E-state index >= 15 is 0 Å². The lowest BCUT2D eigenvalue weighted by atomic mass is 9.97. The number of nitrogen functional groups attached to an aromatic ring is 1. The van der Waals surface area contributed by atoms with Crippen molar-refractivity contribution in [3.8, 4) is 0 Å². The van der Waals surface area contributed by atoms with Gasteiger partial charge in [0.2, 0.25) is 5.91 Å². The molecule has 110 valence electrons. The maximum atomic E-state index is 11.4. The molecule has 0 saturated carbocycles. The molecule has 2 amide bonds. The van der Waals surface area contributed by atoms with Gasteiger partial charge in [-0.3, -0.25) is 19.9 Å². The molecule has 0 aliphatic carbocycles. The van der Waals surface area contributed by atoms with Crippen LogP contribution >= 0.6 is 0 Å². The predicted molar refractivity (Wildman–Crippen MR) is 72.3 cm³/mol. The molecule has 0 spiro atoms. The summed E-state index contributed by atoms with van der Waals surface area (Å²) in [5.41, 5.74) is 8.33. The SMILES string of the molecule is Cc1oc(C(=O)NN)cc1CN1CCCC(C(N)=O)C1. The summed E-state index contributed by atoms with van der Waals surface area (Å²) in [6.07, 6.45) is 1.79. The number of carbonyl (C=O) groups excluding carboxylic acids is 2. The monoisotopic (exact) mass is 280 g/mol. The van der Waals surface area contributed by atoms with Gasteiger partial charge in [-0.2, -0.15) is 0 Å². The summed E-state index contributed by atoms with van der Waals surface area (Å²) in [6.45, 7) is 4.00. The van der Waals surface area contributed by atoms with E-state index in [4.69, 9.17) is 16.0 Å². The number of furan rings is 1. The highest BCUT2D eigenvalue weighted by Gasteiger charge is 2.25. The Bertz CT molecular complexity index is 512. The van der Waals surface area contributed by atoms with Gasteiger partial charge < -0.3 is 10.2 Å². The van der Waals surface area contributed by atoms with E-state index in [1.807, 2.05) is 5.43 Å². The van der Waals surface area contributed by atoms with E-state index in [1.165, 1.54) is 0 Å². The third-order valence-corrected chi connectivity index (χ3v) is 3.68. The van der Waals surface area contributed by atoms with Crippen molar-refractivity contribution >= 4 is 11.8 Å². The van der Waals surface area contributed by atoms with Crippen LogP contribution in [-0.2, 0) is 11.3 Å². The number of nitrogens with zero attached hydrogens (tertiary/aromatic N) is 1. The Morgan fingerprint density at radius 2 is 2.30 bits per heavy atom. The number of hydrogen-bond donors (Lipinski definition) is 3. The van der Waals surface area contributed by atoms with E-state index < -0.39 is 5.91 Å². The number of aryl methyl sites for hydroxylation is 1. The zero-order valence-electron chi connectivity index (χ0n) is 11.5. The van der Waals surface area contributed by atoms with Crippen LogP contribution < -0.4 is 17.0 Å². The van der Waals surface area contributed by atoms with Gasteiger partial charge in [0.05, 0.1) is 5.92 Å². The number of carbonyl (C=O) groups is 2. The lowest BCUT2D eigenvalue weighted by molar-refractivity contribution is -0.123. The highest BCUT2D eigenvalue weighted by Crippen LogP contribution is 2.21. The Balaban J connectivity index is 2.04. The molecule has 0 radical (unpaired) electrons. The van der Waals surface area contributed by atoms with Crippen LogP contribution in [0.2, 0.25) is 0 Å². The third-order valence-electron chi connectivity index (χ3n) is 3.68. The van der Waals surface area contributed by atoms with Crippen LogP contribution in [0.25, 0.3) is 0 Å².